The number of benzene rings is 2. The minimum Gasteiger partial charge on any atom is -0.507 e. The summed E-state index contributed by atoms with van der Waals surface area (Å²) < 4.78 is 0. The van der Waals surface area contributed by atoms with Gasteiger partial charge in [-0.2, -0.15) is 0 Å². The van der Waals surface area contributed by atoms with E-state index in [9.17, 15) is 15.0 Å². The van der Waals surface area contributed by atoms with Gasteiger partial charge in [0.15, 0.2) is 0 Å². The lowest BCUT2D eigenvalue weighted by Gasteiger charge is -2.29. The average Bonchev–Trinajstić information content (AvgIpc) is 2.47. The Kier molecular flexibility index (Phi) is 4.55. The number of aromatic carboxylic acids is 1. The molecule has 0 radical (unpaired) electrons. The Morgan fingerprint density at radius 2 is 1.73 bits per heavy atom. The molecule has 2 aromatic carbocycles. The Labute approximate surface area is 131 Å². The lowest BCUT2D eigenvalue weighted by molar-refractivity contribution is 0.0691. The SMILES string of the molecule is CC(CC(C)(C)c1ccccc1)c1cccc(O)c1C(=O)O. The molecule has 0 aliphatic heterocycles. The zero-order chi connectivity index (χ0) is 16.3. The van der Waals surface area contributed by atoms with E-state index in [1.54, 1.807) is 12.1 Å². The van der Waals surface area contributed by atoms with E-state index in [4.69, 9.17) is 0 Å². The number of carbonyl (C=O) groups is 1. The number of rotatable bonds is 5. The van der Waals surface area contributed by atoms with Crippen molar-refractivity contribution in [2.24, 2.45) is 0 Å². The third-order valence-electron chi connectivity index (χ3n) is 4.19. The fourth-order valence-corrected chi connectivity index (χ4v) is 3.08. The highest BCUT2D eigenvalue weighted by molar-refractivity contribution is 5.92. The molecule has 116 valence electrons. The van der Waals surface area contributed by atoms with Crippen molar-refractivity contribution in [3.63, 3.8) is 0 Å². The topological polar surface area (TPSA) is 57.5 Å². The highest BCUT2D eigenvalue weighted by Crippen LogP contribution is 2.37. The van der Waals surface area contributed by atoms with Crippen LogP contribution in [0.15, 0.2) is 48.5 Å². The molecule has 2 rings (SSSR count). The van der Waals surface area contributed by atoms with Gasteiger partial charge in [-0.25, -0.2) is 4.79 Å². The summed E-state index contributed by atoms with van der Waals surface area (Å²) >= 11 is 0. The quantitative estimate of drug-likeness (QED) is 0.850. The highest BCUT2D eigenvalue weighted by Gasteiger charge is 2.27. The lowest BCUT2D eigenvalue weighted by atomic mass is 9.75. The van der Waals surface area contributed by atoms with Crippen LogP contribution < -0.4 is 0 Å². The summed E-state index contributed by atoms with van der Waals surface area (Å²) in [7, 11) is 0. The van der Waals surface area contributed by atoms with Crippen molar-refractivity contribution < 1.29 is 15.0 Å². The maximum atomic E-state index is 11.4. The zero-order valence-electron chi connectivity index (χ0n) is 13.2. The Morgan fingerprint density at radius 1 is 1.09 bits per heavy atom. The molecule has 1 unspecified atom stereocenters. The van der Waals surface area contributed by atoms with E-state index in [0.717, 1.165) is 6.42 Å². The Balaban J connectivity index is 2.32. The van der Waals surface area contributed by atoms with Crippen LogP contribution in [0.25, 0.3) is 0 Å². The number of phenols is 1. The highest BCUT2D eigenvalue weighted by atomic mass is 16.4. The molecule has 0 heterocycles. The van der Waals surface area contributed by atoms with Gasteiger partial charge in [-0.15, -0.1) is 0 Å². The van der Waals surface area contributed by atoms with Crippen LogP contribution in [0.3, 0.4) is 0 Å². The van der Waals surface area contributed by atoms with Crippen molar-refractivity contribution in [3.8, 4) is 5.75 Å². The van der Waals surface area contributed by atoms with Crippen LogP contribution >= 0.6 is 0 Å². The van der Waals surface area contributed by atoms with Crippen molar-refractivity contribution in [2.45, 2.75) is 38.5 Å². The predicted molar refractivity (Wildman–Crippen MR) is 87.6 cm³/mol. The van der Waals surface area contributed by atoms with E-state index >= 15 is 0 Å². The molecule has 3 heteroatoms. The molecule has 22 heavy (non-hydrogen) atoms. The zero-order valence-corrected chi connectivity index (χ0v) is 13.2. The minimum absolute atomic E-state index is 0.0128. The van der Waals surface area contributed by atoms with Crippen molar-refractivity contribution in [1.29, 1.82) is 0 Å². The summed E-state index contributed by atoms with van der Waals surface area (Å²) in [5, 5.41) is 19.2. The molecule has 3 nitrogen and oxygen atoms in total. The molecule has 0 aromatic heterocycles. The van der Waals surface area contributed by atoms with Gasteiger partial charge in [0, 0.05) is 0 Å². The van der Waals surface area contributed by atoms with E-state index in [1.165, 1.54) is 11.6 Å². The summed E-state index contributed by atoms with van der Waals surface area (Å²) in [4.78, 5) is 11.4. The second-order valence-electron chi connectivity index (χ2n) is 6.40. The molecule has 0 saturated carbocycles. The van der Waals surface area contributed by atoms with Crippen molar-refractivity contribution in [3.05, 3.63) is 65.2 Å². The third kappa shape index (κ3) is 3.30. The van der Waals surface area contributed by atoms with Gasteiger partial charge in [0.25, 0.3) is 0 Å². The summed E-state index contributed by atoms with van der Waals surface area (Å²) in [6.45, 7) is 6.32. The largest absolute Gasteiger partial charge is 0.507 e. The van der Waals surface area contributed by atoms with E-state index in [2.05, 4.69) is 26.0 Å². The summed E-state index contributed by atoms with van der Waals surface area (Å²) in [6.07, 6.45) is 0.792. The average molecular weight is 298 g/mol. The first-order chi connectivity index (χ1) is 10.3. The van der Waals surface area contributed by atoms with Crippen molar-refractivity contribution in [2.75, 3.05) is 0 Å². The van der Waals surface area contributed by atoms with Crippen LogP contribution in [0.4, 0.5) is 0 Å². The van der Waals surface area contributed by atoms with Crippen molar-refractivity contribution in [1.82, 2.24) is 0 Å². The van der Waals surface area contributed by atoms with Gasteiger partial charge in [0.05, 0.1) is 0 Å². The van der Waals surface area contributed by atoms with Crippen LogP contribution in [-0.2, 0) is 5.41 Å². The Morgan fingerprint density at radius 3 is 2.32 bits per heavy atom. The number of carboxylic acid groups (broad SMARTS) is 1. The number of aromatic hydroxyl groups is 1. The van der Waals surface area contributed by atoms with Gasteiger partial charge in [0.1, 0.15) is 11.3 Å². The Bertz CT molecular complexity index is 660. The van der Waals surface area contributed by atoms with E-state index in [-0.39, 0.29) is 22.6 Å². The van der Waals surface area contributed by atoms with Gasteiger partial charge in [-0.3, -0.25) is 0 Å². The molecule has 1 atom stereocenters. The number of hydrogen-bond acceptors (Lipinski definition) is 2. The smallest absolute Gasteiger partial charge is 0.339 e. The maximum Gasteiger partial charge on any atom is 0.339 e. The van der Waals surface area contributed by atoms with E-state index < -0.39 is 5.97 Å². The van der Waals surface area contributed by atoms with Crippen LogP contribution in [0.5, 0.6) is 5.75 Å². The van der Waals surface area contributed by atoms with Crippen LogP contribution in [0.2, 0.25) is 0 Å². The number of carboxylic acids is 1. The van der Waals surface area contributed by atoms with Crippen LogP contribution in [0, 0.1) is 0 Å². The molecule has 0 amide bonds. The second-order valence-corrected chi connectivity index (χ2v) is 6.40. The fourth-order valence-electron chi connectivity index (χ4n) is 3.08. The summed E-state index contributed by atoms with van der Waals surface area (Å²) in [6, 6.07) is 15.1. The van der Waals surface area contributed by atoms with Gasteiger partial charge in [-0.1, -0.05) is 63.2 Å². The summed E-state index contributed by atoms with van der Waals surface area (Å²) in [5.74, 6) is -1.24. The van der Waals surface area contributed by atoms with Crippen LogP contribution in [-0.4, -0.2) is 16.2 Å². The lowest BCUT2D eigenvalue weighted by Crippen LogP contribution is -2.21. The van der Waals surface area contributed by atoms with Crippen molar-refractivity contribution >= 4 is 5.97 Å². The minimum atomic E-state index is -1.09. The van der Waals surface area contributed by atoms with Crippen LogP contribution in [0.1, 0.15) is 54.6 Å². The van der Waals surface area contributed by atoms with E-state index in [1.807, 2.05) is 25.1 Å². The number of hydrogen-bond donors (Lipinski definition) is 2. The monoisotopic (exact) mass is 298 g/mol. The predicted octanol–water partition coefficient (Wildman–Crippen LogP) is 4.56. The first kappa shape index (κ1) is 16.1. The molecule has 0 aliphatic carbocycles. The normalized spacial score (nSPS) is 12.9. The molecular formula is C19H22O3. The van der Waals surface area contributed by atoms with Gasteiger partial charge < -0.3 is 10.2 Å². The van der Waals surface area contributed by atoms with Gasteiger partial charge in [-0.05, 0) is 34.9 Å². The summed E-state index contributed by atoms with van der Waals surface area (Å²) in [5.41, 5.74) is 1.83. The fraction of sp³-hybridized carbons (Fsp3) is 0.316. The van der Waals surface area contributed by atoms with Gasteiger partial charge >= 0.3 is 5.97 Å². The molecule has 2 N–H and O–H groups in total. The first-order valence-electron chi connectivity index (χ1n) is 7.43. The molecular weight excluding hydrogens is 276 g/mol. The second kappa shape index (κ2) is 6.22. The molecule has 0 fully saturated rings. The van der Waals surface area contributed by atoms with Gasteiger partial charge in [0.2, 0.25) is 0 Å². The van der Waals surface area contributed by atoms with E-state index in [0.29, 0.717) is 5.56 Å². The first-order valence-corrected chi connectivity index (χ1v) is 7.43. The maximum absolute atomic E-state index is 11.4. The molecule has 0 bridgehead atoms. The molecule has 0 aliphatic rings. The molecule has 0 saturated heterocycles. The molecule has 0 spiro atoms. The third-order valence-corrected chi connectivity index (χ3v) is 4.19. The Hall–Kier alpha value is -2.29. The molecule has 2 aromatic rings. The standard InChI is InChI=1S/C19H22O3/c1-13(12-19(2,3)14-8-5-4-6-9-14)15-10-7-11-16(20)17(15)18(21)22/h4-11,13,20H,12H2,1-3H3,(H,21,22).